The van der Waals surface area contributed by atoms with Gasteiger partial charge in [0.2, 0.25) is 0 Å². The number of benzene rings is 1. The van der Waals surface area contributed by atoms with Crippen molar-refractivity contribution in [3.8, 4) is 5.75 Å². The van der Waals surface area contributed by atoms with Gasteiger partial charge in [-0.05, 0) is 68.1 Å². The van der Waals surface area contributed by atoms with E-state index < -0.39 is 0 Å². The Labute approximate surface area is 133 Å². The first-order chi connectivity index (χ1) is 9.13. The number of thiophene rings is 1. The summed E-state index contributed by atoms with van der Waals surface area (Å²) in [5.41, 5.74) is 4.07. The van der Waals surface area contributed by atoms with Crippen molar-refractivity contribution < 1.29 is 4.74 Å². The summed E-state index contributed by atoms with van der Waals surface area (Å²) in [4.78, 5) is 1.21. The maximum Gasteiger partial charge on any atom is 0.133 e. The number of rotatable bonds is 5. The molecule has 0 radical (unpaired) electrons. The molecule has 0 aliphatic heterocycles. The standard InChI is InChI=1S/C13H14Br2N2OS/c1-18-11-3-2-8(6-9(11)14)7-10(17-16)12-4-5-13(15)19-12/h2-6,10,17H,7,16H2,1H3. The molecule has 19 heavy (non-hydrogen) atoms. The average Bonchev–Trinajstić information content (AvgIpc) is 2.82. The highest BCUT2D eigenvalue weighted by Gasteiger charge is 2.13. The third-order valence-corrected chi connectivity index (χ3v) is 5.15. The van der Waals surface area contributed by atoms with Crippen LogP contribution in [0.2, 0.25) is 0 Å². The van der Waals surface area contributed by atoms with Crippen LogP contribution in [0.1, 0.15) is 16.5 Å². The molecule has 1 aromatic carbocycles. The number of methoxy groups -OCH3 is 1. The van der Waals surface area contributed by atoms with Gasteiger partial charge in [-0.2, -0.15) is 0 Å². The van der Waals surface area contributed by atoms with Gasteiger partial charge in [0, 0.05) is 4.88 Å². The van der Waals surface area contributed by atoms with E-state index >= 15 is 0 Å². The van der Waals surface area contributed by atoms with E-state index in [0.717, 1.165) is 20.4 Å². The van der Waals surface area contributed by atoms with Gasteiger partial charge in [0.15, 0.2) is 0 Å². The van der Waals surface area contributed by atoms with Gasteiger partial charge in [0.25, 0.3) is 0 Å². The zero-order chi connectivity index (χ0) is 13.8. The van der Waals surface area contributed by atoms with Gasteiger partial charge in [0.1, 0.15) is 5.75 Å². The molecule has 102 valence electrons. The second-order valence-electron chi connectivity index (χ2n) is 4.03. The van der Waals surface area contributed by atoms with Crippen LogP contribution in [0.5, 0.6) is 5.75 Å². The van der Waals surface area contributed by atoms with E-state index in [0.29, 0.717) is 0 Å². The van der Waals surface area contributed by atoms with Crippen molar-refractivity contribution in [2.24, 2.45) is 5.84 Å². The van der Waals surface area contributed by atoms with Crippen LogP contribution in [0.25, 0.3) is 0 Å². The van der Waals surface area contributed by atoms with Gasteiger partial charge in [0.05, 0.1) is 21.4 Å². The monoisotopic (exact) mass is 404 g/mol. The second-order valence-corrected chi connectivity index (χ2v) is 7.38. The minimum absolute atomic E-state index is 0.108. The second kappa shape index (κ2) is 6.85. The van der Waals surface area contributed by atoms with Crippen molar-refractivity contribution in [3.05, 3.63) is 49.0 Å². The SMILES string of the molecule is COc1ccc(CC(NN)c2ccc(Br)s2)cc1Br. The van der Waals surface area contributed by atoms with E-state index in [-0.39, 0.29) is 6.04 Å². The topological polar surface area (TPSA) is 47.3 Å². The van der Waals surface area contributed by atoms with Crippen molar-refractivity contribution in [2.45, 2.75) is 12.5 Å². The molecular formula is C13H14Br2N2OS. The molecule has 0 saturated carbocycles. The average molecular weight is 406 g/mol. The van der Waals surface area contributed by atoms with E-state index in [9.17, 15) is 0 Å². The Morgan fingerprint density at radius 1 is 1.32 bits per heavy atom. The Kier molecular flexibility index (Phi) is 5.41. The molecule has 3 nitrogen and oxygen atoms in total. The van der Waals surface area contributed by atoms with E-state index in [4.69, 9.17) is 10.6 Å². The van der Waals surface area contributed by atoms with Crippen LogP contribution in [-0.4, -0.2) is 7.11 Å². The Morgan fingerprint density at radius 2 is 2.11 bits per heavy atom. The fourth-order valence-corrected chi connectivity index (χ4v) is 3.90. The largest absolute Gasteiger partial charge is 0.496 e. The zero-order valence-corrected chi connectivity index (χ0v) is 14.3. The van der Waals surface area contributed by atoms with E-state index in [1.165, 1.54) is 10.4 Å². The van der Waals surface area contributed by atoms with Gasteiger partial charge in [-0.3, -0.25) is 11.3 Å². The van der Waals surface area contributed by atoms with Crippen LogP contribution < -0.4 is 16.0 Å². The lowest BCUT2D eigenvalue weighted by Crippen LogP contribution is -2.28. The molecule has 1 aromatic heterocycles. The van der Waals surface area contributed by atoms with Crippen LogP contribution in [0.4, 0.5) is 0 Å². The van der Waals surface area contributed by atoms with Crippen molar-refractivity contribution in [2.75, 3.05) is 7.11 Å². The minimum Gasteiger partial charge on any atom is -0.496 e. The molecule has 0 amide bonds. The van der Waals surface area contributed by atoms with Crippen LogP contribution in [0.15, 0.2) is 38.6 Å². The van der Waals surface area contributed by atoms with E-state index in [1.54, 1.807) is 18.4 Å². The van der Waals surface area contributed by atoms with Crippen LogP contribution in [0, 0.1) is 0 Å². The van der Waals surface area contributed by atoms with Crippen molar-refractivity contribution in [1.82, 2.24) is 5.43 Å². The highest BCUT2D eigenvalue weighted by atomic mass is 79.9. The van der Waals surface area contributed by atoms with Crippen LogP contribution in [0.3, 0.4) is 0 Å². The lowest BCUT2D eigenvalue weighted by atomic mass is 10.1. The summed E-state index contributed by atoms with van der Waals surface area (Å²) in [6, 6.07) is 10.3. The minimum atomic E-state index is 0.108. The number of hydrogen-bond donors (Lipinski definition) is 2. The molecule has 1 atom stereocenters. The normalized spacial score (nSPS) is 12.4. The molecular weight excluding hydrogens is 392 g/mol. The summed E-state index contributed by atoms with van der Waals surface area (Å²) >= 11 is 8.66. The van der Waals surface area contributed by atoms with Gasteiger partial charge in [-0.15, -0.1) is 11.3 Å². The first-order valence-electron chi connectivity index (χ1n) is 5.68. The molecule has 0 bridgehead atoms. The number of nitrogens with two attached hydrogens (primary N) is 1. The molecule has 0 saturated heterocycles. The molecule has 6 heteroatoms. The summed E-state index contributed by atoms with van der Waals surface area (Å²) in [6.45, 7) is 0. The number of nitrogens with one attached hydrogen (secondary N) is 1. The Hall–Kier alpha value is -0.400. The van der Waals surface area contributed by atoms with Gasteiger partial charge in [-0.1, -0.05) is 6.07 Å². The predicted octanol–water partition coefficient (Wildman–Crippen LogP) is 4.03. The summed E-state index contributed by atoms with van der Waals surface area (Å²) in [5, 5.41) is 0. The van der Waals surface area contributed by atoms with Crippen molar-refractivity contribution >= 4 is 43.2 Å². The Balaban J connectivity index is 2.16. The fraction of sp³-hybridized carbons (Fsp3) is 0.231. The zero-order valence-electron chi connectivity index (χ0n) is 10.3. The lowest BCUT2D eigenvalue weighted by molar-refractivity contribution is 0.412. The molecule has 0 aliphatic rings. The number of halogens is 2. The summed E-state index contributed by atoms with van der Waals surface area (Å²) in [5.74, 6) is 6.49. The van der Waals surface area contributed by atoms with Crippen molar-refractivity contribution in [1.29, 1.82) is 0 Å². The maximum absolute atomic E-state index is 5.66. The highest BCUT2D eigenvalue weighted by Crippen LogP contribution is 2.31. The third-order valence-electron chi connectivity index (χ3n) is 2.79. The van der Waals surface area contributed by atoms with Crippen LogP contribution >= 0.6 is 43.2 Å². The first-order valence-corrected chi connectivity index (χ1v) is 8.08. The van der Waals surface area contributed by atoms with E-state index in [2.05, 4.69) is 55.5 Å². The molecule has 0 spiro atoms. The number of ether oxygens (including phenoxy) is 1. The molecule has 1 heterocycles. The van der Waals surface area contributed by atoms with Gasteiger partial charge >= 0.3 is 0 Å². The van der Waals surface area contributed by atoms with E-state index in [1.807, 2.05) is 12.1 Å². The molecule has 0 fully saturated rings. The smallest absolute Gasteiger partial charge is 0.133 e. The number of hydrogen-bond acceptors (Lipinski definition) is 4. The Morgan fingerprint density at radius 3 is 2.63 bits per heavy atom. The summed E-state index contributed by atoms with van der Waals surface area (Å²) in [7, 11) is 1.66. The van der Waals surface area contributed by atoms with Crippen LogP contribution in [-0.2, 0) is 6.42 Å². The molecule has 2 aromatic rings. The van der Waals surface area contributed by atoms with Crippen molar-refractivity contribution in [3.63, 3.8) is 0 Å². The predicted molar refractivity (Wildman–Crippen MR) is 86.5 cm³/mol. The Bertz CT molecular complexity index is 559. The molecule has 3 N–H and O–H groups in total. The fourth-order valence-electron chi connectivity index (χ4n) is 1.83. The lowest BCUT2D eigenvalue weighted by Gasteiger charge is -2.15. The third kappa shape index (κ3) is 3.79. The summed E-state index contributed by atoms with van der Waals surface area (Å²) < 4.78 is 7.29. The summed E-state index contributed by atoms with van der Waals surface area (Å²) in [6.07, 6.45) is 0.825. The molecule has 0 aliphatic carbocycles. The molecule has 1 unspecified atom stereocenters. The molecule has 2 rings (SSSR count). The van der Waals surface area contributed by atoms with Gasteiger partial charge < -0.3 is 4.74 Å². The van der Waals surface area contributed by atoms with Gasteiger partial charge in [-0.25, -0.2) is 0 Å². The highest BCUT2D eigenvalue weighted by molar-refractivity contribution is 9.11. The number of hydrazine groups is 1. The maximum atomic E-state index is 5.66. The quantitative estimate of drug-likeness (QED) is 0.583. The first kappa shape index (κ1) is 15.0.